The highest BCUT2D eigenvalue weighted by atomic mass is 19.4. The van der Waals surface area contributed by atoms with Crippen LogP contribution >= 0.6 is 0 Å². The molecular formula is C16H19F3O4. The molecule has 1 atom stereocenters. The van der Waals surface area contributed by atoms with E-state index < -0.39 is 29.6 Å². The molecule has 0 amide bonds. The van der Waals surface area contributed by atoms with Gasteiger partial charge in [0.05, 0.1) is 7.11 Å². The molecule has 1 aromatic carbocycles. The van der Waals surface area contributed by atoms with Crippen molar-refractivity contribution in [2.45, 2.75) is 37.5 Å². The number of carboxylic acid groups (broad SMARTS) is 1. The van der Waals surface area contributed by atoms with Crippen LogP contribution in [0.15, 0.2) is 24.8 Å². The lowest BCUT2D eigenvalue weighted by Gasteiger charge is -2.35. The van der Waals surface area contributed by atoms with E-state index in [1.165, 1.54) is 27.0 Å². The van der Waals surface area contributed by atoms with Crippen LogP contribution in [0.4, 0.5) is 13.2 Å². The van der Waals surface area contributed by atoms with E-state index in [0.29, 0.717) is 16.9 Å². The fourth-order valence-electron chi connectivity index (χ4n) is 2.43. The SMILES string of the molecule is C=Cc1ccc(C(C)(C)CC(O)(C(=O)O)C(F)(F)F)c(OC)c1. The summed E-state index contributed by atoms with van der Waals surface area (Å²) in [5.74, 6) is -2.04. The Hall–Kier alpha value is -2.02. The maximum Gasteiger partial charge on any atom is 0.428 e. The lowest BCUT2D eigenvalue weighted by molar-refractivity contribution is -0.265. The summed E-state index contributed by atoms with van der Waals surface area (Å²) in [5, 5.41) is 18.6. The second-order valence-electron chi connectivity index (χ2n) is 5.89. The highest BCUT2D eigenvalue weighted by Crippen LogP contribution is 2.43. The first kappa shape index (κ1) is 19.0. The number of aliphatic hydroxyl groups is 1. The van der Waals surface area contributed by atoms with Crippen LogP contribution in [-0.2, 0) is 10.2 Å². The van der Waals surface area contributed by atoms with E-state index >= 15 is 0 Å². The van der Waals surface area contributed by atoms with Crippen LogP contribution in [0.1, 0.15) is 31.4 Å². The quantitative estimate of drug-likeness (QED) is 0.838. The summed E-state index contributed by atoms with van der Waals surface area (Å²) in [7, 11) is 1.36. The molecule has 128 valence electrons. The van der Waals surface area contributed by atoms with Gasteiger partial charge in [-0.2, -0.15) is 13.2 Å². The Kier molecular flexibility index (Phi) is 5.16. The average molecular weight is 332 g/mol. The molecule has 7 heteroatoms. The van der Waals surface area contributed by atoms with Crippen molar-refractivity contribution in [2.24, 2.45) is 0 Å². The summed E-state index contributed by atoms with van der Waals surface area (Å²) in [4.78, 5) is 11.0. The van der Waals surface area contributed by atoms with Crippen molar-refractivity contribution in [1.29, 1.82) is 0 Å². The summed E-state index contributed by atoms with van der Waals surface area (Å²) in [6.45, 7) is 6.42. The Balaban J connectivity index is 3.36. The third kappa shape index (κ3) is 3.67. The molecular weight excluding hydrogens is 313 g/mol. The Morgan fingerprint density at radius 1 is 1.35 bits per heavy atom. The largest absolute Gasteiger partial charge is 0.496 e. The number of methoxy groups -OCH3 is 1. The van der Waals surface area contributed by atoms with Gasteiger partial charge >= 0.3 is 12.1 Å². The van der Waals surface area contributed by atoms with Crippen LogP contribution in [0.5, 0.6) is 5.75 Å². The third-order valence-corrected chi connectivity index (χ3v) is 3.71. The molecule has 0 aliphatic carbocycles. The van der Waals surface area contributed by atoms with Crippen molar-refractivity contribution < 1.29 is 32.9 Å². The smallest absolute Gasteiger partial charge is 0.428 e. The summed E-state index contributed by atoms with van der Waals surface area (Å²) in [6, 6.07) is 4.74. The number of aliphatic carboxylic acids is 1. The molecule has 0 saturated heterocycles. The predicted molar refractivity (Wildman–Crippen MR) is 79.4 cm³/mol. The number of benzene rings is 1. The molecule has 1 rings (SSSR count). The van der Waals surface area contributed by atoms with Gasteiger partial charge in [-0.1, -0.05) is 38.6 Å². The van der Waals surface area contributed by atoms with E-state index in [1.807, 2.05) is 0 Å². The van der Waals surface area contributed by atoms with Crippen molar-refractivity contribution >= 4 is 12.0 Å². The van der Waals surface area contributed by atoms with Crippen molar-refractivity contribution in [2.75, 3.05) is 7.11 Å². The van der Waals surface area contributed by atoms with E-state index in [1.54, 1.807) is 18.2 Å². The molecule has 1 unspecified atom stereocenters. The van der Waals surface area contributed by atoms with Crippen LogP contribution in [0.2, 0.25) is 0 Å². The van der Waals surface area contributed by atoms with Gasteiger partial charge in [-0.15, -0.1) is 0 Å². The molecule has 0 spiro atoms. The second kappa shape index (κ2) is 6.23. The van der Waals surface area contributed by atoms with Gasteiger partial charge in [0, 0.05) is 6.42 Å². The van der Waals surface area contributed by atoms with Gasteiger partial charge < -0.3 is 14.9 Å². The number of ether oxygens (including phenoxy) is 1. The predicted octanol–water partition coefficient (Wildman–Crippen LogP) is 3.38. The van der Waals surface area contributed by atoms with Crippen molar-refractivity contribution in [1.82, 2.24) is 0 Å². The minimum atomic E-state index is -5.30. The Morgan fingerprint density at radius 3 is 2.30 bits per heavy atom. The standard InChI is InChI=1S/C16H19F3O4/c1-5-10-6-7-11(12(8-10)23-4)14(2,3)9-15(22,13(20)21)16(17,18)19/h5-8,22H,1,9H2,2-4H3,(H,20,21). The Labute approximate surface area is 132 Å². The highest BCUT2D eigenvalue weighted by molar-refractivity contribution is 5.78. The number of rotatable bonds is 6. The van der Waals surface area contributed by atoms with Crippen LogP contribution in [-0.4, -0.2) is 35.1 Å². The van der Waals surface area contributed by atoms with Crippen molar-refractivity contribution in [3.63, 3.8) is 0 Å². The van der Waals surface area contributed by atoms with Crippen LogP contribution in [0.3, 0.4) is 0 Å². The van der Waals surface area contributed by atoms with Gasteiger partial charge in [-0.25, -0.2) is 4.79 Å². The van der Waals surface area contributed by atoms with Crippen LogP contribution < -0.4 is 4.74 Å². The van der Waals surface area contributed by atoms with E-state index in [2.05, 4.69) is 6.58 Å². The van der Waals surface area contributed by atoms with Gasteiger partial charge in [0.1, 0.15) is 5.75 Å². The molecule has 0 heterocycles. The molecule has 0 bridgehead atoms. The molecule has 0 aliphatic rings. The number of carboxylic acids is 1. The molecule has 4 nitrogen and oxygen atoms in total. The molecule has 2 N–H and O–H groups in total. The number of alkyl halides is 3. The zero-order chi connectivity index (χ0) is 18.1. The van der Waals surface area contributed by atoms with Crippen molar-refractivity contribution in [3.8, 4) is 5.75 Å². The van der Waals surface area contributed by atoms with Gasteiger partial charge in [-0.05, 0) is 22.6 Å². The first-order chi connectivity index (χ1) is 10.4. The zero-order valence-electron chi connectivity index (χ0n) is 13.1. The van der Waals surface area contributed by atoms with E-state index in [-0.39, 0.29) is 0 Å². The average Bonchev–Trinajstić information content (AvgIpc) is 2.44. The van der Waals surface area contributed by atoms with Crippen LogP contribution in [0.25, 0.3) is 6.08 Å². The minimum Gasteiger partial charge on any atom is -0.496 e. The second-order valence-corrected chi connectivity index (χ2v) is 5.89. The summed E-state index contributed by atoms with van der Waals surface area (Å²) < 4.78 is 44.3. The monoisotopic (exact) mass is 332 g/mol. The first-order valence-corrected chi connectivity index (χ1v) is 6.72. The molecule has 1 aromatic rings. The van der Waals surface area contributed by atoms with Gasteiger partial charge in [-0.3, -0.25) is 0 Å². The maximum atomic E-state index is 13.0. The third-order valence-electron chi connectivity index (χ3n) is 3.71. The summed E-state index contributed by atoms with van der Waals surface area (Å²) >= 11 is 0. The molecule has 0 radical (unpaired) electrons. The van der Waals surface area contributed by atoms with Crippen LogP contribution in [0, 0.1) is 0 Å². The minimum absolute atomic E-state index is 0.294. The topological polar surface area (TPSA) is 66.8 Å². The fourth-order valence-corrected chi connectivity index (χ4v) is 2.43. The Morgan fingerprint density at radius 2 is 1.91 bits per heavy atom. The number of hydrogen-bond donors (Lipinski definition) is 2. The molecule has 0 saturated carbocycles. The lowest BCUT2D eigenvalue weighted by Crippen LogP contribution is -2.55. The normalized spacial score (nSPS) is 14.9. The summed E-state index contributed by atoms with van der Waals surface area (Å²) in [6.07, 6.45) is -4.81. The molecule has 0 fully saturated rings. The van der Waals surface area contributed by atoms with Crippen molar-refractivity contribution in [3.05, 3.63) is 35.9 Å². The fraction of sp³-hybridized carbons (Fsp3) is 0.438. The van der Waals surface area contributed by atoms with E-state index in [0.717, 1.165) is 0 Å². The molecule has 23 heavy (non-hydrogen) atoms. The first-order valence-electron chi connectivity index (χ1n) is 6.72. The van der Waals surface area contributed by atoms with E-state index in [4.69, 9.17) is 9.84 Å². The number of carbonyl (C=O) groups is 1. The molecule has 0 aliphatic heterocycles. The Bertz CT molecular complexity index is 608. The lowest BCUT2D eigenvalue weighted by atomic mass is 9.74. The highest BCUT2D eigenvalue weighted by Gasteiger charge is 2.62. The van der Waals surface area contributed by atoms with Gasteiger partial charge in [0.2, 0.25) is 0 Å². The van der Waals surface area contributed by atoms with E-state index in [9.17, 15) is 23.1 Å². The summed E-state index contributed by atoms with van der Waals surface area (Å²) in [5.41, 5.74) is -4.10. The number of hydrogen-bond acceptors (Lipinski definition) is 3. The molecule has 0 aromatic heterocycles. The zero-order valence-corrected chi connectivity index (χ0v) is 13.1. The van der Waals surface area contributed by atoms with Gasteiger partial charge in [0.25, 0.3) is 5.60 Å². The maximum absolute atomic E-state index is 13.0. The number of halogens is 3. The van der Waals surface area contributed by atoms with Gasteiger partial charge in [0.15, 0.2) is 0 Å².